The number of carbonyl (C=O) groups is 1. The number of nitrogens with two attached hydrogens (primary N) is 1. The van der Waals surface area contributed by atoms with Gasteiger partial charge in [-0.05, 0) is 24.3 Å². The van der Waals surface area contributed by atoms with E-state index in [0.717, 1.165) is 0 Å². The molecule has 156 valence electrons. The van der Waals surface area contributed by atoms with E-state index >= 15 is 0 Å². The van der Waals surface area contributed by atoms with Crippen LogP contribution in [0.3, 0.4) is 0 Å². The van der Waals surface area contributed by atoms with Crippen LogP contribution in [0.5, 0.6) is 17.6 Å². The van der Waals surface area contributed by atoms with Crippen LogP contribution in [0.15, 0.2) is 30.3 Å². The lowest BCUT2D eigenvalue weighted by molar-refractivity contribution is 0.00706. The van der Waals surface area contributed by atoms with Crippen molar-refractivity contribution in [2.45, 2.75) is 24.4 Å². The number of ether oxygens (including phenoxy) is 4. The number of carbonyl (C=O) groups excluding carboxylic acids is 1. The molecule has 2 aliphatic rings. The van der Waals surface area contributed by atoms with Crippen molar-refractivity contribution in [1.29, 1.82) is 0 Å². The summed E-state index contributed by atoms with van der Waals surface area (Å²) in [5.74, 6) is -0.0885. The van der Waals surface area contributed by atoms with Crippen LogP contribution in [0.1, 0.15) is 10.4 Å². The lowest BCUT2D eigenvalue weighted by Gasteiger charge is -2.15. The summed E-state index contributed by atoms with van der Waals surface area (Å²) >= 11 is 6.29. The number of halogens is 1. The Labute approximate surface area is 174 Å². The molecule has 1 amide bonds. The molecule has 11 heteroatoms. The smallest absolute Gasteiger partial charge is 0.296 e. The fraction of sp³-hybridized carbons (Fsp3) is 0.316. The zero-order chi connectivity index (χ0) is 20.8. The second-order valence-electron chi connectivity index (χ2n) is 7.00. The zero-order valence-corrected chi connectivity index (χ0v) is 16.2. The molecule has 0 radical (unpaired) electrons. The van der Waals surface area contributed by atoms with Crippen LogP contribution >= 0.6 is 11.6 Å². The summed E-state index contributed by atoms with van der Waals surface area (Å²) in [6, 6.07) is 8.20. The maximum absolute atomic E-state index is 11.3. The molecule has 2 unspecified atom stereocenters. The topological polar surface area (TPSA) is 142 Å². The number of benzene rings is 1. The molecule has 5 rings (SSSR count). The molecule has 0 aliphatic carbocycles. The molecule has 2 aromatic heterocycles. The SMILES string of the molecule is NC(=O)c1cccc(Oc2nc3nc(O[C@@H]4COC5C4OC[C@H]5O)[nH]c3cc2Cl)c1. The summed E-state index contributed by atoms with van der Waals surface area (Å²) in [6.45, 7) is 0.492. The first-order valence-corrected chi connectivity index (χ1v) is 9.57. The third-order valence-electron chi connectivity index (χ3n) is 4.95. The predicted octanol–water partition coefficient (Wildman–Crippen LogP) is 1.41. The number of aliphatic hydroxyl groups is 1. The summed E-state index contributed by atoms with van der Waals surface area (Å²) in [5, 5.41) is 10.1. The van der Waals surface area contributed by atoms with Crippen molar-refractivity contribution in [3.05, 3.63) is 40.9 Å². The lowest BCUT2D eigenvalue weighted by atomic mass is 10.1. The van der Waals surface area contributed by atoms with E-state index in [1.54, 1.807) is 24.3 Å². The molecular weight excluding hydrogens is 416 g/mol. The van der Waals surface area contributed by atoms with Crippen molar-refractivity contribution >= 4 is 28.7 Å². The van der Waals surface area contributed by atoms with Crippen molar-refractivity contribution in [2.24, 2.45) is 5.73 Å². The summed E-state index contributed by atoms with van der Waals surface area (Å²) in [4.78, 5) is 23.0. The second kappa shape index (κ2) is 7.40. The van der Waals surface area contributed by atoms with Crippen LogP contribution in [0.2, 0.25) is 5.02 Å². The van der Waals surface area contributed by atoms with Gasteiger partial charge in [-0.1, -0.05) is 17.7 Å². The van der Waals surface area contributed by atoms with E-state index in [2.05, 4.69) is 15.0 Å². The Hall–Kier alpha value is -2.92. The lowest BCUT2D eigenvalue weighted by Crippen LogP contribution is -2.34. The van der Waals surface area contributed by atoms with Gasteiger partial charge in [0.05, 0.1) is 18.7 Å². The summed E-state index contributed by atoms with van der Waals surface area (Å²) in [7, 11) is 0. The van der Waals surface area contributed by atoms with E-state index in [1.165, 1.54) is 6.07 Å². The number of rotatable bonds is 5. The first-order chi connectivity index (χ1) is 14.5. The molecule has 0 saturated carbocycles. The quantitative estimate of drug-likeness (QED) is 0.549. The minimum Gasteiger partial charge on any atom is -0.456 e. The number of hydrogen-bond acceptors (Lipinski definition) is 8. The summed E-state index contributed by atoms with van der Waals surface area (Å²) in [5.41, 5.74) is 6.48. The Balaban J connectivity index is 1.37. The average molecular weight is 433 g/mol. The molecule has 4 atom stereocenters. The monoisotopic (exact) mass is 432 g/mol. The number of fused-ring (bicyclic) bond motifs is 2. The van der Waals surface area contributed by atoms with Crippen LogP contribution in [0, 0.1) is 0 Å². The zero-order valence-electron chi connectivity index (χ0n) is 15.4. The van der Waals surface area contributed by atoms with Gasteiger partial charge in [-0.15, -0.1) is 0 Å². The van der Waals surface area contributed by atoms with E-state index < -0.39 is 24.2 Å². The molecule has 2 fully saturated rings. The third kappa shape index (κ3) is 3.43. The third-order valence-corrected chi connectivity index (χ3v) is 5.22. The van der Waals surface area contributed by atoms with Crippen LogP contribution in [-0.2, 0) is 9.47 Å². The molecule has 0 spiro atoms. The minimum absolute atomic E-state index is 0.121. The number of primary amides is 1. The molecule has 0 bridgehead atoms. The highest BCUT2D eigenvalue weighted by Crippen LogP contribution is 2.32. The van der Waals surface area contributed by atoms with Gasteiger partial charge >= 0.3 is 0 Å². The molecular formula is C19H17ClN4O6. The van der Waals surface area contributed by atoms with Crippen molar-refractivity contribution in [3.8, 4) is 17.6 Å². The molecule has 1 aromatic carbocycles. The Morgan fingerprint density at radius 2 is 2.07 bits per heavy atom. The van der Waals surface area contributed by atoms with Crippen molar-refractivity contribution < 1.29 is 28.8 Å². The van der Waals surface area contributed by atoms with Crippen LogP contribution < -0.4 is 15.2 Å². The Kier molecular flexibility index (Phi) is 4.70. The van der Waals surface area contributed by atoms with E-state index in [1.807, 2.05) is 0 Å². The largest absolute Gasteiger partial charge is 0.456 e. The van der Waals surface area contributed by atoms with Crippen molar-refractivity contribution in [2.75, 3.05) is 13.2 Å². The van der Waals surface area contributed by atoms with Gasteiger partial charge in [0, 0.05) is 5.56 Å². The molecule has 3 aromatic rings. The molecule has 2 aliphatic heterocycles. The van der Waals surface area contributed by atoms with E-state index in [9.17, 15) is 9.90 Å². The van der Waals surface area contributed by atoms with E-state index in [0.29, 0.717) is 22.5 Å². The molecule has 4 N–H and O–H groups in total. The number of nitrogens with zero attached hydrogens (tertiary/aromatic N) is 2. The first-order valence-electron chi connectivity index (χ1n) is 9.20. The fourth-order valence-electron chi connectivity index (χ4n) is 3.52. The van der Waals surface area contributed by atoms with Crippen LogP contribution in [0.25, 0.3) is 11.2 Å². The summed E-state index contributed by atoms with van der Waals surface area (Å²) in [6.07, 6.45) is -1.83. The highest BCUT2D eigenvalue weighted by Gasteiger charge is 2.48. The molecule has 2 saturated heterocycles. The highest BCUT2D eigenvalue weighted by molar-refractivity contribution is 6.32. The van der Waals surface area contributed by atoms with Gasteiger partial charge in [0.25, 0.3) is 6.01 Å². The molecule has 10 nitrogen and oxygen atoms in total. The van der Waals surface area contributed by atoms with Gasteiger partial charge < -0.3 is 34.8 Å². The predicted molar refractivity (Wildman–Crippen MR) is 104 cm³/mol. The number of amides is 1. The van der Waals surface area contributed by atoms with Crippen LogP contribution in [-0.4, -0.2) is 63.6 Å². The normalized spacial score (nSPS) is 25.4. The minimum atomic E-state index is -0.660. The Bertz CT molecular complexity index is 1120. The van der Waals surface area contributed by atoms with Gasteiger partial charge in [0.1, 0.15) is 29.1 Å². The van der Waals surface area contributed by atoms with Crippen molar-refractivity contribution in [1.82, 2.24) is 15.0 Å². The Morgan fingerprint density at radius 3 is 2.90 bits per heavy atom. The fourth-order valence-corrected chi connectivity index (χ4v) is 3.71. The average Bonchev–Trinajstić information content (AvgIpc) is 3.40. The summed E-state index contributed by atoms with van der Waals surface area (Å²) < 4.78 is 22.7. The second-order valence-corrected chi connectivity index (χ2v) is 7.41. The van der Waals surface area contributed by atoms with Crippen LogP contribution in [0.4, 0.5) is 0 Å². The number of imidazole rings is 1. The van der Waals surface area contributed by atoms with Gasteiger partial charge in [-0.2, -0.15) is 9.97 Å². The number of nitrogens with one attached hydrogen (secondary N) is 1. The standard InChI is InChI=1S/C19H17ClN4O6/c20-10-5-11-17(23-18(10)29-9-3-1-2-8(4-9)16(21)26)24-19(22-11)30-13-7-28-14-12(25)6-27-15(13)14/h1-5,12-15,25H,6-7H2,(H2,21,26)(H,22,23,24)/t12-,13-,14?,15?/m1/s1. The number of H-pyrrole nitrogens is 1. The molecule has 4 heterocycles. The number of aromatic nitrogens is 3. The first kappa shape index (κ1) is 19.1. The van der Waals surface area contributed by atoms with Crippen molar-refractivity contribution in [3.63, 3.8) is 0 Å². The number of pyridine rings is 1. The number of aromatic amines is 1. The van der Waals surface area contributed by atoms with E-state index in [-0.39, 0.29) is 36.2 Å². The Morgan fingerprint density at radius 1 is 1.23 bits per heavy atom. The van der Waals surface area contributed by atoms with Gasteiger partial charge in [-0.25, -0.2) is 0 Å². The van der Waals surface area contributed by atoms with E-state index in [4.69, 9.17) is 36.3 Å². The van der Waals surface area contributed by atoms with Gasteiger partial charge in [0.15, 0.2) is 11.8 Å². The highest BCUT2D eigenvalue weighted by atomic mass is 35.5. The molecule has 30 heavy (non-hydrogen) atoms. The van der Waals surface area contributed by atoms with Gasteiger partial charge in [0.2, 0.25) is 11.8 Å². The maximum Gasteiger partial charge on any atom is 0.296 e. The number of aliphatic hydroxyl groups excluding tert-OH is 1. The van der Waals surface area contributed by atoms with Gasteiger partial charge in [-0.3, -0.25) is 4.79 Å². The number of hydrogen-bond donors (Lipinski definition) is 3. The maximum atomic E-state index is 11.3.